The van der Waals surface area contributed by atoms with E-state index in [1.54, 1.807) is 6.92 Å². The molecule has 0 amide bonds. The number of ether oxygens (including phenoxy) is 2. The highest BCUT2D eigenvalue weighted by atomic mass is 19.4. The van der Waals surface area contributed by atoms with Crippen LogP contribution in [0.25, 0.3) is 0 Å². The van der Waals surface area contributed by atoms with Crippen LogP contribution in [0, 0.1) is 0 Å². The SMILES string of the molecule is COC1C/C(=N/OCC(F)(F)F)C[C@@H](C)O1. The molecule has 16 heavy (non-hydrogen) atoms. The lowest BCUT2D eigenvalue weighted by Crippen LogP contribution is -2.32. The molecule has 1 aliphatic rings. The molecule has 0 N–H and O–H groups in total. The number of nitrogens with zero attached hydrogens (tertiary/aromatic N) is 1. The normalized spacial score (nSPS) is 29.4. The van der Waals surface area contributed by atoms with Gasteiger partial charge in [0.25, 0.3) is 0 Å². The summed E-state index contributed by atoms with van der Waals surface area (Å²) in [6.07, 6.45) is -4.17. The van der Waals surface area contributed by atoms with Crippen LogP contribution in [0.3, 0.4) is 0 Å². The van der Waals surface area contributed by atoms with Crippen LogP contribution in [-0.4, -0.2) is 38.0 Å². The molecule has 1 fully saturated rings. The van der Waals surface area contributed by atoms with Crippen LogP contribution in [0.15, 0.2) is 5.16 Å². The van der Waals surface area contributed by atoms with Crippen molar-refractivity contribution in [2.75, 3.05) is 13.7 Å². The molecule has 7 heteroatoms. The summed E-state index contributed by atoms with van der Waals surface area (Å²) >= 11 is 0. The van der Waals surface area contributed by atoms with Gasteiger partial charge >= 0.3 is 6.18 Å². The highest BCUT2D eigenvalue weighted by Crippen LogP contribution is 2.19. The summed E-state index contributed by atoms with van der Waals surface area (Å²) in [5, 5.41) is 3.45. The molecule has 0 aliphatic carbocycles. The summed E-state index contributed by atoms with van der Waals surface area (Å²) in [6, 6.07) is 0. The van der Waals surface area contributed by atoms with Gasteiger partial charge in [-0.3, -0.25) is 0 Å². The summed E-state index contributed by atoms with van der Waals surface area (Å²) in [7, 11) is 1.47. The van der Waals surface area contributed by atoms with Crippen molar-refractivity contribution in [3.05, 3.63) is 0 Å². The second-order valence-corrected chi connectivity index (χ2v) is 3.57. The molecule has 94 valence electrons. The van der Waals surface area contributed by atoms with Crippen molar-refractivity contribution in [1.82, 2.24) is 0 Å². The van der Waals surface area contributed by atoms with Crippen LogP contribution in [0.1, 0.15) is 19.8 Å². The Hall–Kier alpha value is -0.820. The molecule has 1 saturated heterocycles. The molecule has 0 radical (unpaired) electrons. The molecule has 0 aromatic rings. The largest absolute Gasteiger partial charge is 0.425 e. The van der Waals surface area contributed by atoms with Gasteiger partial charge in [0.2, 0.25) is 6.61 Å². The number of alkyl halides is 3. The van der Waals surface area contributed by atoms with Gasteiger partial charge in [-0.05, 0) is 6.92 Å². The van der Waals surface area contributed by atoms with Gasteiger partial charge in [0, 0.05) is 20.0 Å². The first-order valence-corrected chi connectivity index (χ1v) is 4.83. The van der Waals surface area contributed by atoms with Crippen LogP contribution in [0.4, 0.5) is 13.2 Å². The second kappa shape index (κ2) is 5.49. The lowest BCUT2D eigenvalue weighted by Gasteiger charge is -2.27. The van der Waals surface area contributed by atoms with E-state index in [0.717, 1.165) is 0 Å². The van der Waals surface area contributed by atoms with Gasteiger partial charge in [0.05, 0.1) is 11.8 Å². The molecule has 0 aromatic heterocycles. The topological polar surface area (TPSA) is 40.0 Å². The first-order valence-electron chi connectivity index (χ1n) is 4.83. The first-order chi connectivity index (χ1) is 7.40. The maximum atomic E-state index is 11.8. The van der Waals surface area contributed by atoms with Crippen molar-refractivity contribution >= 4 is 5.71 Å². The molecule has 0 bridgehead atoms. The summed E-state index contributed by atoms with van der Waals surface area (Å²) in [6.45, 7) is 0.424. The summed E-state index contributed by atoms with van der Waals surface area (Å²) in [5.41, 5.74) is 0.523. The van der Waals surface area contributed by atoms with Crippen molar-refractivity contribution in [2.24, 2.45) is 5.16 Å². The molecule has 0 saturated carbocycles. The van der Waals surface area contributed by atoms with E-state index < -0.39 is 19.1 Å². The molecule has 0 aromatic carbocycles. The zero-order chi connectivity index (χ0) is 12.2. The first kappa shape index (κ1) is 13.2. The van der Waals surface area contributed by atoms with E-state index in [9.17, 15) is 13.2 Å². The monoisotopic (exact) mass is 241 g/mol. The highest BCUT2D eigenvalue weighted by molar-refractivity contribution is 5.85. The van der Waals surface area contributed by atoms with Gasteiger partial charge in [-0.2, -0.15) is 13.2 Å². The number of hydrogen-bond donors (Lipinski definition) is 0. The van der Waals surface area contributed by atoms with E-state index in [4.69, 9.17) is 9.47 Å². The zero-order valence-corrected chi connectivity index (χ0v) is 9.08. The van der Waals surface area contributed by atoms with Gasteiger partial charge in [0.1, 0.15) is 0 Å². The zero-order valence-electron chi connectivity index (χ0n) is 9.08. The Kier molecular flexibility index (Phi) is 4.55. The molecule has 4 nitrogen and oxygen atoms in total. The number of rotatable bonds is 3. The maximum Gasteiger partial charge on any atom is 0.425 e. The molecule has 2 atom stereocenters. The highest BCUT2D eigenvalue weighted by Gasteiger charge is 2.29. The molecule has 0 spiro atoms. The van der Waals surface area contributed by atoms with Crippen LogP contribution in [0.2, 0.25) is 0 Å². The third-order valence-corrected chi connectivity index (χ3v) is 1.99. The average molecular weight is 241 g/mol. The quantitative estimate of drug-likeness (QED) is 0.710. The Morgan fingerprint density at radius 2 is 2.12 bits per heavy atom. The van der Waals surface area contributed by atoms with Crippen molar-refractivity contribution in [3.8, 4) is 0 Å². The molecule has 1 aliphatic heterocycles. The molecule has 1 unspecified atom stereocenters. The van der Waals surface area contributed by atoms with Gasteiger partial charge in [0.15, 0.2) is 6.29 Å². The minimum Gasteiger partial charge on any atom is -0.386 e. The van der Waals surface area contributed by atoms with Gasteiger partial charge < -0.3 is 14.3 Å². The van der Waals surface area contributed by atoms with Crippen molar-refractivity contribution in [2.45, 2.75) is 38.3 Å². The number of oxime groups is 1. The van der Waals surface area contributed by atoms with E-state index in [2.05, 4.69) is 9.99 Å². The number of methoxy groups -OCH3 is 1. The fraction of sp³-hybridized carbons (Fsp3) is 0.889. The molecule has 1 heterocycles. The Bertz CT molecular complexity index is 255. The standard InChI is InChI=1S/C9H14F3NO3/c1-6-3-7(4-8(14-2)16-6)13-15-5-9(10,11)12/h6,8H,3-5H2,1-2H3/b13-7+/t6-,8?/m1/s1. The second-order valence-electron chi connectivity index (χ2n) is 3.57. The Labute approximate surface area is 91.3 Å². The van der Waals surface area contributed by atoms with Crippen LogP contribution in [0.5, 0.6) is 0 Å². The fourth-order valence-electron chi connectivity index (χ4n) is 1.37. The van der Waals surface area contributed by atoms with Crippen molar-refractivity contribution in [1.29, 1.82) is 0 Å². The van der Waals surface area contributed by atoms with Crippen molar-refractivity contribution < 1.29 is 27.5 Å². The van der Waals surface area contributed by atoms with Gasteiger partial charge in [-0.15, -0.1) is 0 Å². The molecule has 1 rings (SSSR count). The van der Waals surface area contributed by atoms with E-state index in [1.807, 2.05) is 0 Å². The van der Waals surface area contributed by atoms with Crippen LogP contribution < -0.4 is 0 Å². The van der Waals surface area contributed by atoms with Crippen LogP contribution >= 0.6 is 0 Å². The lowest BCUT2D eigenvalue weighted by molar-refractivity contribution is -0.175. The predicted octanol–water partition coefficient (Wildman–Crippen LogP) is 2.09. The Balaban J connectivity index is 2.43. The number of halogens is 3. The smallest absolute Gasteiger partial charge is 0.386 e. The fourth-order valence-corrected chi connectivity index (χ4v) is 1.37. The van der Waals surface area contributed by atoms with E-state index in [1.165, 1.54) is 7.11 Å². The molecular formula is C9H14F3NO3. The summed E-state index contributed by atoms with van der Waals surface area (Å²) in [5.74, 6) is 0. The summed E-state index contributed by atoms with van der Waals surface area (Å²) < 4.78 is 45.6. The third-order valence-electron chi connectivity index (χ3n) is 1.99. The maximum absolute atomic E-state index is 11.8. The van der Waals surface area contributed by atoms with E-state index >= 15 is 0 Å². The minimum absolute atomic E-state index is 0.132. The predicted molar refractivity (Wildman–Crippen MR) is 50.0 cm³/mol. The van der Waals surface area contributed by atoms with E-state index in [0.29, 0.717) is 18.6 Å². The minimum atomic E-state index is -4.36. The number of hydrogen-bond acceptors (Lipinski definition) is 4. The third kappa shape index (κ3) is 4.80. The Morgan fingerprint density at radius 1 is 1.44 bits per heavy atom. The van der Waals surface area contributed by atoms with Gasteiger partial charge in [-0.25, -0.2) is 0 Å². The Morgan fingerprint density at radius 3 is 2.69 bits per heavy atom. The molecular weight excluding hydrogens is 227 g/mol. The van der Waals surface area contributed by atoms with Gasteiger partial charge in [-0.1, -0.05) is 5.16 Å². The summed E-state index contributed by atoms with van der Waals surface area (Å²) in [4.78, 5) is 4.23. The van der Waals surface area contributed by atoms with Crippen LogP contribution in [-0.2, 0) is 14.3 Å². The van der Waals surface area contributed by atoms with E-state index in [-0.39, 0.29) is 6.10 Å². The lowest BCUT2D eigenvalue weighted by atomic mass is 10.1. The van der Waals surface area contributed by atoms with Crippen molar-refractivity contribution in [3.63, 3.8) is 0 Å². The average Bonchev–Trinajstić information content (AvgIpc) is 2.14.